The topological polar surface area (TPSA) is 48.1 Å². The van der Waals surface area contributed by atoms with Crippen molar-refractivity contribution in [1.82, 2.24) is 4.98 Å². The highest BCUT2D eigenvalue weighted by molar-refractivity contribution is 5.14. The van der Waals surface area contributed by atoms with Crippen LogP contribution in [0.25, 0.3) is 0 Å². The molecule has 1 unspecified atom stereocenters. The van der Waals surface area contributed by atoms with Crippen LogP contribution in [0.2, 0.25) is 0 Å². The fourth-order valence-corrected chi connectivity index (χ4v) is 2.01. The van der Waals surface area contributed by atoms with E-state index in [1.165, 1.54) is 5.56 Å². The molecule has 1 atom stereocenters. The molecular formula is C16H20N2O. The summed E-state index contributed by atoms with van der Waals surface area (Å²) in [6, 6.07) is 14.4. The normalized spacial score (nSPS) is 12.3. The highest BCUT2D eigenvalue weighted by Crippen LogP contribution is 2.15. The average Bonchev–Trinajstić information content (AvgIpc) is 2.49. The lowest BCUT2D eigenvalue weighted by atomic mass is 10.1. The molecule has 1 aromatic carbocycles. The number of nitrogens with zero attached hydrogens (tertiary/aromatic N) is 1. The molecule has 0 aliphatic rings. The van der Waals surface area contributed by atoms with Gasteiger partial charge in [-0.2, -0.15) is 0 Å². The molecule has 0 aliphatic heterocycles. The van der Waals surface area contributed by atoms with Gasteiger partial charge in [-0.1, -0.05) is 36.4 Å². The molecule has 100 valence electrons. The molecule has 0 saturated heterocycles. The van der Waals surface area contributed by atoms with Crippen molar-refractivity contribution in [3.05, 3.63) is 66.0 Å². The van der Waals surface area contributed by atoms with E-state index < -0.39 is 0 Å². The van der Waals surface area contributed by atoms with Gasteiger partial charge in [-0.05, 0) is 24.5 Å². The summed E-state index contributed by atoms with van der Waals surface area (Å²) in [4.78, 5) is 4.09. The number of aromatic nitrogens is 1. The lowest BCUT2D eigenvalue weighted by Crippen LogP contribution is -2.16. The van der Waals surface area contributed by atoms with E-state index in [-0.39, 0.29) is 6.10 Å². The minimum Gasteiger partial charge on any atom is -0.372 e. The van der Waals surface area contributed by atoms with Crippen LogP contribution in [0, 0.1) is 0 Å². The Balaban J connectivity index is 1.75. The van der Waals surface area contributed by atoms with Gasteiger partial charge in [0.05, 0.1) is 6.10 Å². The molecule has 0 radical (unpaired) electrons. The van der Waals surface area contributed by atoms with Crippen LogP contribution in [0.3, 0.4) is 0 Å². The smallest absolute Gasteiger partial charge is 0.0961 e. The van der Waals surface area contributed by atoms with Crippen molar-refractivity contribution in [2.75, 3.05) is 13.2 Å². The Kier molecular flexibility index (Phi) is 5.53. The highest BCUT2D eigenvalue weighted by Gasteiger charge is 2.09. The summed E-state index contributed by atoms with van der Waals surface area (Å²) in [6.07, 6.45) is 5.55. The van der Waals surface area contributed by atoms with Crippen molar-refractivity contribution in [2.45, 2.75) is 18.9 Å². The molecule has 3 heteroatoms. The number of pyridine rings is 1. The minimum atomic E-state index is -0.0514. The van der Waals surface area contributed by atoms with Gasteiger partial charge in [-0.15, -0.1) is 0 Å². The fraction of sp³-hybridized carbons (Fsp3) is 0.312. The van der Waals surface area contributed by atoms with Crippen molar-refractivity contribution >= 4 is 0 Å². The quantitative estimate of drug-likeness (QED) is 0.775. The highest BCUT2D eigenvalue weighted by atomic mass is 16.5. The van der Waals surface area contributed by atoms with Crippen molar-refractivity contribution in [1.29, 1.82) is 0 Å². The van der Waals surface area contributed by atoms with E-state index in [2.05, 4.69) is 29.2 Å². The third kappa shape index (κ3) is 4.47. The molecule has 0 spiro atoms. The Bertz CT molecular complexity index is 459. The van der Waals surface area contributed by atoms with Crippen LogP contribution in [0.5, 0.6) is 0 Å². The van der Waals surface area contributed by atoms with Gasteiger partial charge in [0.2, 0.25) is 0 Å². The molecule has 0 aliphatic carbocycles. The van der Waals surface area contributed by atoms with E-state index in [4.69, 9.17) is 10.5 Å². The fourth-order valence-electron chi connectivity index (χ4n) is 2.01. The summed E-state index contributed by atoms with van der Waals surface area (Å²) in [5, 5.41) is 0. The maximum Gasteiger partial charge on any atom is 0.0961 e. The van der Waals surface area contributed by atoms with E-state index in [0.29, 0.717) is 13.2 Å². The Hall–Kier alpha value is -1.71. The molecule has 0 fully saturated rings. The number of nitrogens with two attached hydrogens (primary N) is 1. The molecule has 3 nitrogen and oxygen atoms in total. The number of ether oxygens (including phenoxy) is 1. The Morgan fingerprint density at radius 2 is 1.95 bits per heavy atom. The third-order valence-electron chi connectivity index (χ3n) is 3.04. The van der Waals surface area contributed by atoms with Crippen LogP contribution in [-0.4, -0.2) is 18.1 Å². The van der Waals surface area contributed by atoms with E-state index in [0.717, 1.165) is 18.4 Å². The van der Waals surface area contributed by atoms with Crippen LogP contribution in [-0.2, 0) is 11.2 Å². The van der Waals surface area contributed by atoms with Gasteiger partial charge in [-0.25, -0.2) is 0 Å². The Morgan fingerprint density at radius 1 is 1.11 bits per heavy atom. The first-order chi connectivity index (χ1) is 9.40. The van der Waals surface area contributed by atoms with Gasteiger partial charge in [0.15, 0.2) is 0 Å². The van der Waals surface area contributed by atoms with Gasteiger partial charge in [0.25, 0.3) is 0 Å². The van der Waals surface area contributed by atoms with Gasteiger partial charge in [0.1, 0.15) is 0 Å². The molecule has 1 aromatic heterocycles. The van der Waals surface area contributed by atoms with Crippen LogP contribution in [0.15, 0.2) is 54.9 Å². The summed E-state index contributed by atoms with van der Waals surface area (Å²) < 4.78 is 5.83. The largest absolute Gasteiger partial charge is 0.372 e. The molecule has 1 heterocycles. The Labute approximate surface area is 114 Å². The third-order valence-corrected chi connectivity index (χ3v) is 3.04. The summed E-state index contributed by atoms with van der Waals surface area (Å²) in [5.74, 6) is 0. The molecule has 2 rings (SSSR count). The standard InChI is InChI=1S/C16H20N2O/c17-12-16(15-9-4-10-18-13-15)19-11-5-8-14-6-2-1-3-7-14/h1-4,6-7,9-10,13,16H,5,8,11-12,17H2. The van der Waals surface area contributed by atoms with E-state index in [1.54, 1.807) is 6.20 Å². The molecular weight excluding hydrogens is 236 g/mol. The van der Waals surface area contributed by atoms with Crippen LogP contribution < -0.4 is 5.73 Å². The van der Waals surface area contributed by atoms with Crippen molar-refractivity contribution in [2.24, 2.45) is 5.73 Å². The predicted molar refractivity (Wildman–Crippen MR) is 76.7 cm³/mol. The molecule has 0 saturated carbocycles. The summed E-state index contributed by atoms with van der Waals surface area (Å²) in [5.41, 5.74) is 8.14. The zero-order chi connectivity index (χ0) is 13.3. The zero-order valence-electron chi connectivity index (χ0n) is 11.0. The maximum absolute atomic E-state index is 5.83. The first-order valence-electron chi connectivity index (χ1n) is 6.65. The van der Waals surface area contributed by atoms with E-state index in [1.807, 2.05) is 24.4 Å². The molecule has 19 heavy (non-hydrogen) atoms. The minimum absolute atomic E-state index is 0.0514. The second kappa shape index (κ2) is 7.67. The summed E-state index contributed by atoms with van der Waals surface area (Å²) in [6.45, 7) is 1.20. The number of rotatable bonds is 7. The molecule has 2 aromatic rings. The van der Waals surface area contributed by atoms with Crippen LogP contribution in [0.4, 0.5) is 0 Å². The first-order valence-corrected chi connectivity index (χ1v) is 6.65. The zero-order valence-corrected chi connectivity index (χ0v) is 11.0. The number of benzene rings is 1. The summed E-state index contributed by atoms with van der Waals surface area (Å²) in [7, 11) is 0. The number of hydrogen-bond acceptors (Lipinski definition) is 3. The van der Waals surface area contributed by atoms with Crippen molar-refractivity contribution in [3.63, 3.8) is 0 Å². The summed E-state index contributed by atoms with van der Waals surface area (Å²) >= 11 is 0. The van der Waals surface area contributed by atoms with E-state index >= 15 is 0 Å². The van der Waals surface area contributed by atoms with Gasteiger partial charge < -0.3 is 10.5 Å². The monoisotopic (exact) mass is 256 g/mol. The van der Waals surface area contributed by atoms with E-state index in [9.17, 15) is 0 Å². The Morgan fingerprint density at radius 3 is 2.63 bits per heavy atom. The molecule has 2 N–H and O–H groups in total. The maximum atomic E-state index is 5.83. The van der Waals surface area contributed by atoms with Gasteiger partial charge in [0, 0.05) is 31.1 Å². The molecule has 0 bridgehead atoms. The second-order valence-corrected chi connectivity index (χ2v) is 4.47. The molecule has 0 amide bonds. The second-order valence-electron chi connectivity index (χ2n) is 4.47. The number of aryl methyl sites for hydroxylation is 1. The average molecular weight is 256 g/mol. The van der Waals surface area contributed by atoms with Gasteiger partial charge >= 0.3 is 0 Å². The number of hydrogen-bond donors (Lipinski definition) is 1. The first kappa shape index (κ1) is 13.7. The van der Waals surface area contributed by atoms with Crippen LogP contribution >= 0.6 is 0 Å². The predicted octanol–water partition coefficient (Wildman–Crippen LogP) is 2.73. The lowest BCUT2D eigenvalue weighted by Gasteiger charge is -2.15. The van der Waals surface area contributed by atoms with Crippen molar-refractivity contribution < 1.29 is 4.74 Å². The lowest BCUT2D eigenvalue weighted by molar-refractivity contribution is 0.0569. The van der Waals surface area contributed by atoms with Gasteiger partial charge in [-0.3, -0.25) is 4.98 Å². The van der Waals surface area contributed by atoms with Crippen molar-refractivity contribution in [3.8, 4) is 0 Å². The SMILES string of the molecule is NCC(OCCCc1ccccc1)c1cccnc1. The van der Waals surface area contributed by atoms with Crippen LogP contribution in [0.1, 0.15) is 23.7 Å².